The first-order valence-corrected chi connectivity index (χ1v) is 7.11. The van der Waals surface area contributed by atoms with Gasteiger partial charge in [-0.3, -0.25) is 10.1 Å². The van der Waals surface area contributed by atoms with E-state index in [1.807, 2.05) is 0 Å². The van der Waals surface area contributed by atoms with Crippen molar-refractivity contribution in [1.29, 1.82) is 0 Å². The molecule has 2 rings (SSSR count). The van der Waals surface area contributed by atoms with E-state index in [0.29, 0.717) is 14.0 Å². The fourth-order valence-electron chi connectivity index (χ4n) is 1.44. The van der Waals surface area contributed by atoms with E-state index in [1.165, 1.54) is 19.1 Å². The zero-order valence-corrected chi connectivity index (χ0v) is 11.8. The summed E-state index contributed by atoms with van der Waals surface area (Å²) in [5.41, 5.74) is -0.152. The highest BCUT2D eigenvalue weighted by Crippen LogP contribution is 2.43. The third-order valence-electron chi connectivity index (χ3n) is 2.41. The Morgan fingerprint density at radius 1 is 1.35 bits per heavy atom. The summed E-state index contributed by atoms with van der Waals surface area (Å²) in [6.45, 7) is 1.50. The number of aliphatic hydroxyl groups is 1. The Kier molecular flexibility index (Phi) is 4.36. The Morgan fingerprint density at radius 2 is 2.05 bits per heavy atom. The van der Waals surface area contributed by atoms with Crippen LogP contribution in [0.5, 0.6) is 0 Å². The second-order valence-electron chi connectivity index (χ2n) is 3.93. The number of hydrogen-bond donors (Lipinski definition) is 1. The third kappa shape index (κ3) is 3.14. The molecule has 0 aliphatic heterocycles. The average Bonchev–Trinajstić information content (AvgIpc) is 2.78. The van der Waals surface area contributed by atoms with E-state index in [4.69, 9.17) is 0 Å². The molecule has 2 aromatic rings. The van der Waals surface area contributed by atoms with Crippen LogP contribution in [0.25, 0.3) is 0 Å². The van der Waals surface area contributed by atoms with Crippen molar-refractivity contribution >= 4 is 28.8 Å². The van der Waals surface area contributed by atoms with Crippen LogP contribution in [-0.4, -0.2) is 10.0 Å². The van der Waals surface area contributed by atoms with Gasteiger partial charge in [0, 0.05) is 15.8 Å². The highest BCUT2D eigenvalue weighted by atomic mass is 32.2. The first-order chi connectivity index (χ1) is 9.38. The Balaban J connectivity index is 2.36. The zero-order chi connectivity index (χ0) is 14.9. The molecule has 1 unspecified atom stereocenters. The zero-order valence-electron chi connectivity index (χ0n) is 10.2. The number of benzene rings is 1. The third-order valence-corrected chi connectivity index (χ3v) is 4.88. The van der Waals surface area contributed by atoms with Crippen molar-refractivity contribution in [3.63, 3.8) is 0 Å². The maximum atomic E-state index is 13.1. The van der Waals surface area contributed by atoms with Gasteiger partial charge in [0.05, 0.1) is 11.0 Å². The van der Waals surface area contributed by atoms with Crippen molar-refractivity contribution in [2.75, 3.05) is 0 Å². The van der Waals surface area contributed by atoms with Gasteiger partial charge in [0.1, 0.15) is 4.21 Å². The van der Waals surface area contributed by atoms with Crippen LogP contribution < -0.4 is 0 Å². The monoisotopic (exact) mass is 317 g/mol. The molecule has 4 nitrogen and oxygen atoms in total. The molecule has 0 spiro atoms. The van der Waals surface area contributed by atoms with Crippen molar-refractivity contribution in [3.8, 4) is 0 Å². The van der Waals surface area contributed by atoms with Crippen LogP contribution in [0.1, 0.15) is 17.9 Å². The van der Waals surface area contributed by atoms with E-state index in [2.05, 4.69) is 0 Å². The molecule has 0 aliphatic rings. The van der Waals surface area contributed by atoms with Gasteiger partial charge < -0.3 is 5.11 Å². The van der Waals surface area contributed by atoms with Crippen molar-refractivity contribution in [3.05, 3.63) is 50.9 Å². The molecule has 1 aromatic heterocycles. The van der Waals surface area contributed by atoms with Gasteiger partial charge in [-0.2, -0.15) is 0 Å². The Hall–Kier alpha value is -1.51. The number of thiophene rings is 1. The molecule has 0 aliphatic carbocycles. The van der Waals surface area contributed by atoms with Gasteiger partial charge in [-0.05, 0) is 25.1 Å². The van der Waals surface area contributed by atoms with Crippen LogP contribution in [0.4, 0.5) is 14.5 Å². The summed E-state index contributed by atoms with van der Waals surface area (Å²) in [7, 11) is 0. The quantitative estimate of drug-likeness (QED) is 0.680. The van der Waals surface area contributed by atoms with E-state index in [0.717, 1.165) is 35.2 Å². The molecule has 20 heavy (non-hydrogen) atoms. The van der Waals surface area contributed by atoms with Crippen LogP contribution in [0.3, 0.4) is 0 Å². The highest BCUT2D eigenvalue weighted by Gasteiger charge is 2.22. The predicted molar refractivity (Wildman–Crippen MR) is 72.1 cm³/mol. The molecule has 106 valence electrons. The SMILES string of the molecule is CC(O)c1cc([N+](=O)[O-])c(Sc2ccc(F)c(F)c2)s1. The lowest BCUT2D eigenvalue weighted by Crippen LogP contribution is -1.88. The largest absolute Gasteiger partial charge is 0.388 e. The summed E-state index contributed by atoms with van der Waals surface area (Å²) in [5.74, 6) is -1.98. The molecule has 0 radical (unpaired) electrons. The van der Waals surface area contributed by atoms with Gasteiger partial charge in [-0.15, -0.1) is 11.3 Å². The molecule has 0 bridgehead atoms. The Bertz CT molecular complexity index is 658. The molecular weight excluding hydrogens is 308 g/mol. The lowest BCUT2D eigenvalue weighted by Gasteiger charge is -2.00. The topological polar surface area (TPSA) is 63.4 Å². The van der Waals surface area contributed by atoms with E-state index in [1.54, 1.807) is 0 Å². The first-order valence-electron chi connectivity index (χ1n) is 5.47. The summed E-state index contributed by atoms with van der Waals surface area (Å²) >= 11 is 2.02. The maximum Gasteiger partial charge on any atom is 0.294 e. The normalized spacial score (nSPS) is 12.4. The van der Waals surface area contributed by atoms with E-state index >= 15 is 0 Å². The van der Waals surface area contributed by atoms with Gasteiger partial charge in [-0.1, -0.05) is 11.8 Å². The smallest absolute Gasteiger partial charge is 0.294 e. The molecule has 8 heteroatoms. The van der Waals surface area contributed by atoms with Crippen LogP contribution in [0.15, 0.2) is 33.4 Å². The van der Waals surface area contributed by atoms with Gasteiger partial charge >= 0.3 is 0 Å². The molecule has 0 amide bonds. The minimum absolute atomic E-state index is 0.152. The molecule has 1 N–H and O–H groups in total. The molecule has 0 saturated heterocycles. The molecular formula is C12H9F2NO3S2. The summed E-state index contributed by atoms with van der Waals surface area (Å²) in [4.78, 5) is 11.2. The molecule has 0 fully saturated rings. The molecule has 1 atom stereocenters. The van der Waals surface area contributed by atoms with E-state index in [-0.39, 0.29) is 5.69 Å². The predicted octanol–water partition coefficient (Wildman–Crippen LogP) is 4.14. The summed E-state index contributed by atoms with van der Waals surface area (Å²) in [5, 5.41) is 20.4. The summed E-state index contributed by atoms with van der Waals surface area (Å²) in [6, 6.07) is 4.57. The van der Waals surface area contributed by atoms with Crippen LogP contribution >= 0.6 is 23.1 Å². The van der Waals surface area contributed by atoms with Crippen LogP contribution in [0, 0.1) is 21.7 Å². The van der Waals surface area contributed by atoms with Gasteiger partial charge in [0.15, 0.2) is 11.6 Å². The van der Waals surface area contributed by atoms with Crippen molar-refractivity contribution in [2.45, 2.75) is 22.1 Å². The number of nitro groups is 1. The number of nitrogens with zero attached hydrogens (tertiary/aromatic N) is 1. The minimum atomic E-state index is -1.01. The highest BCUT2D eigenvalue weighted by molar-refractivity contribution is 8.01. The van der Waals surface area contributed by atoms with E-state index < -0.39 is 22.7 Å². The van der Waals surface area contributed by atoms with Crippen molar-refractivity contribution in [2.24, 2.45) is 0 Å². The minimum Gasteiger partial charge on any atom is -0.388 e. The summed E-state index contributed by atoms with van der Waals surface area (Å²) in [6.07, 6.45) is -0.821. The fraction of sp³-hybridized carbons (Fsp3) is 0.167. The second-order valence-corrected chi connectivity index (χ2v) is 6.36. The van der Waals surface area contributed by atoms with Gasteiger partial charge in [0.25, 0.3) is 5.69 Å². The van der Waals surface area contributed by atoms with Crippen molar-refractivity contribution in [1.82, 2.24) is 0 Å². The fourth-order valence-corrected chi connectivity index (χ4v) is 3.72. The molecule has 1 heterocycles. The van der Waals surface area contributed by atoms with Gasteiger partial charge in [0.2, 0.25) is 0 Å². The number of aliphatic hydroxyl groups excluding tert-OH is 1. The summed E-state index contributed by atoms with van der Waals surface area (Å²) < 4.78 is 26.3. The molecule has 1 aromatic carbocycles. The van der Waals surface area contributed by atoms with E-state index in [9.17, 15) is 24.0 Å². The van der Waals surface area contributed by atoms with Crippen LogP contribution in [-0.2, 0) is 0 Å². The van der Waals surface area contributed by atoms with Gasteiger partial charge in [-0.25, -0.2) is 8.78 Å². The Morgan fingerprint density at radius 3 is 2.60 bits per heavy atom. The van der Waals surface area contributed by atoms with Crippen LogP contribution in [0.2, 0.25) is 0 Å². The van der Waals surface area contributed by atoms with Crippen molar-refractivity contribution < 1.29 is 18.8 Å². The number of rotatable bonds is 4. The lowest BCUT2D eigenvalue weighted by molar-refractivity contribution is -0.387. The maximum absolute atomic E-state index is 13.1. The first kappa shape index (κ1) is 14.9. The second kappa shape index (κ2) is 5.86. The lowest BCUT2D eigenvalue weighted by atomic mass is 10.3. The average molecular weight is 317 g/mol. The Labute approximate surface area is 121 Å². The number of hydrogen-bond acceptors (Lipinski definition) is 5. The standard InChI is InChI=1S/C12H9F2NO3S2/c1-6(16)11-5-10(15(17)18)12(20-11)19-7-2-3-8(13)9(14)4-7/h2-6,16H,1H3. The number of halogens is 2. The molecule has 0 saturated carbocycles.